The second kappa shape index (κ2) is 9.98. The lowest BCUT2D eigenvalue weighted by Gasteiger charge is -2.41. The molecule has 1 saturated heterocycles. The molecule has 12 heteroatoms. The van der Waals surface area contributed by atoms with E-state index in [1.807, 2.05) is 9.80 Å². The van der Waals surface area contributed by atoms with E-state index in [0.717, 1.165) is 23.5 Å². The summed E-state index contributed by atoms with van der Waals surface area (Å²) < 4.78 is 67.8. The first-order chi connectivity index (χ1) is 14.6. The molecule has 6 nitrogen and oxygen atoms in total. The van der Waals surface area contributed by atoms with Crippen LogP contribution in [0.5, 0.6) is 0 Å². The van der Waals surface area contributed by atoms with Crippen LogP contribution in [-0.2, 0) is 24.0 Å². The normalized spacial score (nSPS) is 18.6. The van der Waals surface area contributed by atoms with Crippen LogP contribution in [0, 0.1) is 0 Å². The number of hydrogen-bond acceptors (Lipinski definition) is 6. The number of alkyl halides is 5. The molecular weight excluding hydrogens is 445 g/mol. The first kappa shape index (κ1) is 23.5. The molecule has 2 heterocycles. The van der Waals surface area contributed by atoms with E-state index in [0.29, 0.717) is 43.3 Å². The second-order valence-corrected chi connectivity index (χ2v) is 8.19. The Hall–Kier alpha value is -2.15. The number of halogens is 5. The van der Waals surface area contributed by atoms with Crippen molar-refractivity contribution in [2.75, 3.05) is 26.2 Å². The van der Waals surface area contributed by atoms with Crippen molar-refractivity contribution >= 4 is 17.3 Å². The first-order valence-corrected chi connectivity index (χ1v) is 10.1. The maximum atomic E-state index is 12.7. The maximum absolute atomic E-state index is 12.7. The molecule has 0 bridgehead atoms. The van der Waals surface area contributed by atoms with Crippen molar-refractivity contribution < 1.29 is 36.6 Å². The van der Waals surface area contributed by atoms with Gasteiger partial charge < -0.3 is 9.84 Å². The van der Waals surface area contributed by atoms with E-state index < -0.39 is 30.4 Å². The highest BCUT2D eigenvalue weighted by Crippen LogP contribution is 2.29. The van der Waals surface area contributed by atoms with E-state index in [4.69, 9.17) is 5.11 Å². The van der Waals surface area contributed by atoms with E-state index in [2.05, 4.69) is 9.72 Å². The highest BCUT2D eigenvalue weighted by molar-refractivity contribution is 7.13. The molecule has 1 aromatic heterocycles. The smallest absolute Gasteiger partial charge is 0.416 e. The molecule has 1 unspecified atom stereocenters. The van der Waals surface area contributed by atoms with Gasteiger partial charge in [-0.3, -0.25) is 9.80 Å². The van der Waals surface area contributed by atoms with E-state index in [1.165, 1.54) is 18.3 Å². The van der Waals surface area contributed by atoms with Gasteiger partial charge in [0.1, 0.15) is 9.88 Å². The SMILES string of the molecule is O=C(O)c1cnc(CN2CCN(Cc3ccc(C(F)(F)F)cc3)CC2COC(F)F)s1. The van der Waals surface area contributed by atoms with Crippen molar-refractivity contribution in [3.8, 4) is 0 Å². The lowest BCUT2D eigenvalue weighted by molar-refractivity contribution is -0.147. The fourth-order valence-electron chi connectivity index (χ4n) is 3.36. The van der Waals surface area contributed by atoms with E-state index in [1.54, 1.807) is 0 Å². The fourth-order valence-corrected chi connectivity index (χ4v) is 4.15. The Morgan fingerprint density at radius 3 is 2.52 bits per heavy atom. The van der Waals surface area contributed by atoms with Gasteiger partial charge in [-0.1, -0.05) is 12.1 Å². The Bertz CT molecular complexity index is 875. The summed E-state index contributed by atoms with van der Waals surface area (Å²) in [6, 6.07) is 4.44. The fraction of sp³-hybridized carbons (Fsp3) is 0.474. The molecular formula is C19H20F5N3O3S. The zero-order valence-electron chi connectivity index (χ0n) is 16.2. The maximum Gasteiger partial charge on any atom is 0.416 e. The molecule has 1 N–H and O–H groups in total. The van der Waals surface area contributed by atoms with E-state index >= 15 is 0 Å². The van der Waals surface area contributed by atoms with Crippen molar-refractivity contribution in [1.82, 2.24) is 14.8 Å². The zero-order chi connectivity index (χ0) is 22.6. The van der Waals surface area contributed by atoms with Crippen molar-refractivity contribution in [3.05, 3.63) is 51.5 Å². The summed E-state index contributed by atoms with van der Waals surface area (Å²) in [5.41, 5.74) is -0.0468. The Morgan fingerprint density at radius 2 is 1.94 bits per heavy atom. The number of thiazole rings is 1. The van der Waals surface area contributed by atoms with Crippen LogP contribution in [0.3, 0.4) is 0 Å². The Balaban J connectivity index is 1.64. The van der Waals surface area contributed by atoms with Gasteiger partial charge >= 0.3 is 18.8 Å². The van der Waals surface area contributed by atoms with Gasteiger partial charge in [-0.25, -0.2) is 9.78 Å². The summed E-state index contributed by atoms with van der Waals surface area (Å²) in [5.74, 6) is -1.08. The lowest BCUT2D eigenvalue weighted by atomic mass is 10.1. The number of carbonyl (C=O) groups is 1. The number of aromatic carboxylic acids is 1. The summed E-state index contributed by atoms with van der Waals surface area (Å²) in [6.07, 6.45) is -3.15. The molecule has 1 aliphatic heterocycles. The highest BCUT2D eigenvalue weighted by Gasteiger charge is 2.31. The molecule has 170 valence electrons. The molecule has 0 aliphatic carbocycles. The third-order valence-corrected chi connectivity index (χ3v) is 5.86. The number of carboxylic acids is 1. The lowest BCUT2D eigenvalue weighted by Crippen LogP contribution is -2.54. The average molecular weight is 465 g/mol. The highest BCUT2D eigenvalue weighted by atomic mass is 32.1. The van der Waals surface area contributed by atoms with Crippen LogP contribution < -0.4 is 0 Å². The molecule has 0 spiro atoms. The second-order valence-electron chi connectivity index (χ2n) is 7.07. The van der Waals surface area contributed by atoms with Crippen LogP contribution in [0.2, 0.25) is 0 Å². The third-order valence-electron chi connectivity index (χ3n) is 4.89. The molecule has 1 aromatic carbocycles. The first-order valence-electron chi connectivity index (χ1n) is 9.32. The van der Waals surface area contributed by atoms with Crippen LogP contribution >= 0.6 is 11.3 Å². The van der Waals surface area contributed by atoms with Crippen LogP contribution in [0.4, 0.5) is 22.0 Å². The van der Waals surface area contributed by atoms with Gasteiger partial charge in [-0.05, 0) is 17.7 Å². The van der Waals surface area contributed by atoms with Crippen LogP contribution in [-0.4, -0.2) is 64.8 Å². The predicted octanol–water partition coefficient (Wildman–Crippen LogP) is 3.79. The number of carboxylic acid groups (broad SMARTS) is 1. The predicted molar refractivity (Wildman–Crippen MR) is 102 cm³/mol. The largest absolute Gasteiger partial charge is 0.477 e. The van der Waals surface area contributed by atoms with E-state index in [-0.39, 0.29) is 11.5 Å². The van der Waals surface area contributed by atoms with Gasteiger partial charge in [0.05, 0.1) is 24.9 Å². The van der Waals surface area contributed by atoms with Crippen LogP contribution in [0.1, 0.15) is 25.8 Å². The molecule has 1 atom stereocenters. The van der Waals surface area contributed by atoms with Crippen molar-refractivity contribution in [1.29, 1.82) is 0 Å². The summed E-state index contributed by atoms with van der Waals surface area (Å²) in [7, 11) is 0. The van der Waals surface area contributed by atoms with Gasteiger partial charge in [0.25, 0.3) is 0 Å². The minimum absolute atomic E-state index is 0.0938. The van der Waals surface area contributed by atoms with E-state index in [9.17, 15) is 26.7 Å². The molecule has 31 heavy (non-hydrogen) atoms. The standard InChI is InChI=1S/C19H20F5N3O3S/c20-18(21)30-11-14-9-26(8-12-1-3-13(4-2-12)19(22,23)24)5-6-27(14)10-16-25-7-15(31-16)17(28)29/h1-4,7,14,18H,5-6,8-11H2,(H,28,29). The van der Waals surface area contributed by atoms with Crippen molar-refractivity contribution in [3.63, 3.8) is 0 Å². The monoisotopic (exact) mass is 465 g/mol. The van der Waals surface area contributed by atoms with Crippen LogP contribution in [0.15, 0.2) is 30.5 Å². The van der Waals surface area contributed by atoms with Gasteiger partial charge in [-0.2, -0.15) is 22.0 Å². The minimum Gasteiger partial charge on any atom is -0.477 e. The van der Waals surface area contributed by atoms with Gasteiger partial charge in [0, 0.05) is 32.2 Å². The Labute approximate surface area is 178 Å². The summed E-state index contributed by atoms with van der Waals surface area (Å²) in [5, 5.41) is 9.57. The molecule has 2 aromatic rings. The quantitative estimate of drug-likeness (QED) is 0.599. The summed E-state index contributed by atoms with van der Waals surface area (Å²) in [4.78, 5) is 19.1. The number of ether oxygens (including phenoxy) is 1. The average Bonchev–Trinajstić information content (AvgIpc) is 3.16. The Kier molecular flexibility index (Phi) is 7.57. The molecule has 0 amide bonds. The molecule has 1 fully saturated rings. The van der Waals surface area contributed by atoms with Crippen molar-refractivity contribution in [2.24, 2.45) is 0 Å². The number of benzene rings is 1. The number of piperazine rings is 1. The summed E-state index contributed by atoms with van der Waals surface area (Å²) in [6.45, 7) is -1.08. The Morgan fingerprint density at radius 1 is 1.23 bits per heavy atom. The molecule has 0 saturated carbocycles. The number of hydrogen-bond donors (Lipinski definition) is 1. The molecule has 0 radical (unpaired) electrons. The molecule has 3 rings (SSSR count). The van der Waals surface area contributed by atoms with Crippen LogP contribution in [0.25, 0.3) is 0 Å². The van der Waals surface area contributed by atoms with Gasteiger partial charge in [0.2, 0.25) is 0 Å². The number of aromatic nitrogens is 1. The molecule has 1 aliphatic rings. The van der Waals surface area contributed by atoms with Crippen molar-refractivity contribution in [2.45, 2.75) is 31.9 Å². The number of rotatable bonds is 8. The zero-order valence-corrected chi connectivity index (χ0v) is 17.0. The summed E-state index contributed by atoms with van der Waals surface area (Å²) >= 11 is 1.02. The van der Waals surface area contributed by atoms with Gasteiger partial charge in [0.15, 0.2) is 0 Å². The van der Waals surface area contributed by atoms with Gasteiger partial charge in [-0.15, -0.1) is 11.3 Å². The topological polar surface area (TPSA) is 65.9 Å². The minimum atomic E-state index is -4.40. The number of nitrogens with zero attached hydrogens (tertiary/aromatic N) is 3. The third kappa shape index (κ3) is 6.66.